The van der Waals surface area contributed by atoms with Gasteiger partial charge in [-0.15, -0.1) is 0 Å². The standard InChI is InChI=1S/2C26H27NO6/c2*1-16-23(15-24(28)31-17(2)18-6-4-3-5-7-18)25(33-27-16)19-8-11-21(12-9-19)32-22-13-10-20(14-22)26(29)30/h2*3-9,11-12,17,20,22H,10,13-15H2,1-2H3,(H,29,30)/t17-,20+,22+;17-,20-,22+/m11/s1. The molecule has 6 atom stereocenters. The van der Waals surface area contributed by atoms with Crippen LogP contribution in [0.15, 0.2) is 118 Å². The summed E-state index contributed by atoms with van der Waals surface area (Å²) in [5.74, 6) is -0.515. The third-order valence-electron chi connectivity index (χ3n) is 12.1. The molecule has 0 saturated heterocycles. The van der Waals surface area contributed by atoms with E-state index in [4.69, 9.17) is 38.2 Å². The van der Waals surface area contributed by atoms with Crippen LogP contribution < -0.4 is 9.47 Å². The third-order valence-corrected chi connectivity index (χ3v) is 12.1. The summed E-state index contributed by atoms with van der Waals surface area (Å²) in [6.45, 7) is 7.28. The summed E-state index contributed by atoms with van der Waals surface area (Å²) < 4.78 is 34.1. The van der Waals surface area contributed by atoms with Crippen molar-refractivity contribution < 1.29 is 57.4 Å². The number of aryl methyl sites for hydroxylation is 2. The molecule has 2 fully saturated rings. The largest absolute Gasteiger partial charge is 0.490 e. The highest BCUT2D eigenvalue weighted by Gasteiger charge is 2.32. The Morgan fingerprint density at radius 2 is 0.924 bits per heavy atom. The Balaban J connectivity index is 0.000000196. The van der Waals surface area contributed by atoms with Gasteiger partial charge < -0.3 is 38.2 Å². The molecule has 2 aliphatic carbocycles. The number of carbonyl (C=O) groups is 4. The number of ether oxygens (including phenoxy) is 4. The van der Waals surface area contributed by atoms with Gasteiger partial charge in [0.2, 0.25) is 0 Å². The summed E-state index contributed by atoms with van der Waals surface area (Å²) in [7, 11) is 0. The molecule has 14 heteroatoms. The van der Waals surface area contributed by atoms with E-state index in [-0.39, 0.29) is 61.0 Å². The van der Waals surface area contributed by atoms with Crippen molar-refractivity contribution in [3.05, 3.63) is 143 Å². The van der Waals surface area contributed by atoms with Crippen LogP contribution in [0, 0.1) is 25.7 Å². The van der Waals surface area contributed by atoms with E-state index in [1.165, 1.54) is 0 Å². The van der Waals surface area contributed by atoms with Gasteiger partial charge in [0.25, 0.3) is 0 Å². The average molecular weight is 899 g/mol. The molecule has 344 valence electrons. The number of benzene rings is 4. The highest BCUT2D eigenvalue weighted by Crippen LogP contribution is 2.34. The predicted octanol–water partition coefficient (Wildman–Crippen LogP) is 10.3. The lowest BCUT2D eigenvalue weighted by atomic mass is 10.0. The molecular formula is C52H54N2O12. The maximum absolute atomic E-state index is 12.6. The van der Waals surface area contributed by atoms with E-state index in [9.17, 15) is 19.2 Å². The number of rotatable bonds is 16. The first-order valence-corrected chi connectivity index (χ1v) is 22.2. The molecule has 0 amide bonds. The second-order valence-corrected chi connectivity index (χ2v) is 16.8. The first-order valence-electron chi connectivity index (χ1n) is 22.2. The molecular weight excluding hydrogens is 845 g/mol. The molecule has 2 heterocycles. The van der Waals surface area contributed by atoms with Gasteiger partial charge in [0.1, 0.15) is 23.7 Å². The average Bonchev–Trinajstić information content (AvgIpc) is 4.14. The van der Waals surface area contributed by atoms with Crippen molar-refractivity contribution in [3.63, 3.8) is 0 Å². The zero-order chi connectivity index (χ0) is 46.7. The Labute approximate surface area is 382 Å². The maximum Gasteiger partial charge on any atom is 0.311 e. The van der Waals surface area contributed by atoms with E-state index in [1.807, 2.05) is 123 Å². The Kier molecular flexibility index (Phi) is 15.3. The highest BCUT2D eigenvalue weighted by atomic mass is 16.5. The molecule has 4 aromatic carbocycles. The molecule has 0 radical (unpaired) electrons. The Bertz CT molecular complexity index is 2390. The van der Waals surface area contributed by atoms with E-state index in [1.54, 1.807) is 13.8 Å². The van der Waals surface area contributed by atoms with E-state index in [0.29, 0.717) is 71.2 Å². The van der Waals surface area contributed by atoms with Crippen molar-refractivity contribution in [2.45, 2.75) is 103 Å². The van der Waals surface area contributed by atoms with Crippen LogP contribution in [0.2, 0.25) is 0 Å². The maximum atomic E-state index is 12.6. The van der Waals surface area contributed by atoms with Crippen LogP contribution in [0.3, 0.4) is 0 Å². The van der Waals surface area contributed by atoms with Crippen molar-refractivity contribution in [2.75, 3.05) is 0 Å². The summed E-state index contributed by atoms with van der Waals surface area (Å²) in [6, 6.07) is 33.8. The molecule has 66 heavy (non-hydrogen) atoms. The van der Waals surface area contributed by atoms with Gasteiger partial charge in [0.05, 0.1) is 48.3 Å². The van der Waals surface area contributed by atoms with E-state index >= 15 is 0 Å². The van der Waals surface area contributed by atoms with Gasteiger partial charge in [-0.1, -0.05) is 71.0 Å². The lowest BCUT2D eigenvalue weighted by molar-refractivity contribution is -0.148. The predicted molar refractivity (Wildman–Crippen MR) is 241 cm³/mol. The Morgan fingerprint density at radius 1 is 0.561 bits per heavy atom. The minimum absolute atomic E-state index is 0.0543. The fourth-order valence-corrected chi connectivity index (χ4v) is 8.30. The minimum Gasteiger partial charge on any atom is -0.490 e. The van der Waals surface area contributed by atoms with Gasteiger partial charge >= 0.3 is 23.9 Å². The number of carboxylic acids is 2. The van der Waals surface area contributed by atoms with Crippen LogP contribution in [-0.4, -0.2) is 56.6 Å². The van der Waals surface area contributed by atoms with Gasteiger partial charge in [-0.2, -0.15) is 0 Å². The number of esters is 2. The summed E-state index contributed by atoms with van der Waals surface area (Å²) in [4.78, 5) is 47.5. The third kappa shape index (κ3) is 12.1. The zero-order valence-corrected chi connectivity index (χ0v) is 37.4. The van der Waals surface area contributed by atoms with Crippen molar-refractivity contribution in [2.24, 2.45) is 11.8 Å². The summed E-state index contributed by atoms with van der Waals surface area (Å²) >= 11 is 0. The number of aromatic nitrogens is 2. The van der Waals surface area contributed by atoms with Crippen LogP contribution in [-0.2, 0) is 41.5 Å². The zero-order valence-electron chi connectivity index (χ0n) is 37.4. The van der Waals surface area contributed by atoms with Crippen molar-refractivity contribution in [3.8, 4) is 34.1 Å². The molecule has 0 aliphatic heterocycles. The smallest absolute Gasteiger partial charge is 0.311 e. The van der Waals surface area contributed by atoms with Gasteiger partial charge in [0.15, 0.2) is 11.5 Å². The molecule has 2 aromatic heterocycles. The fraction of sp³-hybridized carbons (Fsp3) is 0.346. The molecule has 2 N–H and O–H groups in total. The van der Waals surface area contributed by atoms with Crippen LogP contribution in [0.1, 0.15) is 98.2 Å². The fourth-order valence-electron chi connectivity index (χ4n) is 8.30. The van der Waals surface area contributed by atoms with E-state index in [2.05, 4.69) is 10.3 Å². The summed E-state index contributed by atoms with van der Waals surface area (Å²) in [6.07, 6.45) is 2.99. The van der Waals surface area contributed by atoms with Gasteiger partial charge in [-0.05, 0) is 126 Å². The second kappa shape index (κ2) is 21.6. The number of hydrogen-bond acceptors (Lipinski definition) is 12. The lowest BCUT2D eigenvalue weighted by Gasteiger charge is -2.14. The molecule has 14 nitrogen and oxygen atoms in total. The number of hydrogen-bond donors (Lipinski definition) is 2. The van der Waals surface area contributed by atoms with E-state index < -0.39 is 11.9 Å². The quantitative estimate of drug-likeness (QED) is 0.0870. The minimum atomic E-state index is -0.763. The lowest BCUT2D eigenvalue weighted by Crippen LogP contribution is -2.15. The van der Waals surface area contributed by atoms with Crippen LogP contribution >= 0.6 is 0 Å². The number of nitrogens with zero attached hydrogens (tertiary/aromatic N) is 2. The highest BCUT2D eigenvalue weighted by molar-refractivity contribution is 5.78. The van der Waals surface area contributed by atoms with Gasteiger partial charge in [0, 0.05) is 22.3 Å². The Morgan fingerprint density at radius 3 is 1.26 bits per heavy atom. The summed E-state index contributed by atoms with van der Waals surface area (Å²) in [5.41, 5.74) is 6.07. The second-order valence-electron chi connectivity index (χ2n) is 16.8. The number of carbonyl (C=O) groups excluding carboxylic acids is 2. The molecule has 8 rings (SSSR count). The van der Waals surface area contributed by atoms with Crippen LogP contribution in [0.25, 0.3) is 22.6 Å². The van der Waals surface area contributed by atoms with Gasteiger partial charge in [-0.25, -0.2) is 0 Å². The summed E-state index contributed by atoms with van der Waals surface area (Å²) in [5, 5.41) is 26.4. The normalized spacial score (nSPS) is 18.6. The van der Waals surface area contributed by atoms with Crippen molar-refractivity contribution in [1.82, 2.24) is 10.3 Å². The SMILES string of the molecule is Cc1noc(-c2ccc(O[C@H]3CC[C@@H](C(=O)O)C3)cc2)c1CC(=O)O[C@H](C)c1ccccc1.Cc1noc(-c2ccc(O[C@H]3CC[C@H](C(=O)O)C3)cc2)c1CC(=O)O[C@H](C)c1ccccc1. The molecule has 6 aromatic rings. The first-order chi connectivity index (χ1) is 31.8. The monoisotopic (exact) mass is 898 g/mol. The first kappa shape index (κ1) is 46.8. The molecule has 2 saturated carbocycles. The molecule has 0 spiro atoms. The van der Waals surface area contributed by atoms with Crippen molar-refractivity contribution in [1.29, 1.82) is 0 Å². The van der Waals surface area contributed by atoms with E-state index in [0.717, 1.165) is 35.1 Å². The van der Waals surface area contributed by atoms with Crippen molar-refractivity contribution >= 4 is 23.9 Å². The topological polar surface area (TPSA) is 198 Å². The number of aliphatic carboxylic acids is 2. The van der Waals surface area contributed by atoms with Crippen LogP contribution in [0.5, 0.6) is 11.5 Å². The number of carboxylic acid groups (broad SMARTS) is 2. The molecule has 0 bridgehead atoms. The molecule has 2 aliphatic rings. The van der Waals surface area contributed by atoms with Gasteiger partial charge in [-0.3, -0.25) is 19.2 Å². The molecule has 0 unspecified atom stereocenters. The Hall–Kier alpha value is -7.22. The van der Waals surface area contributed by atoms with Crippen LogP contribution in [0.4, 0.5) is 0 Å².